The van der Waals surface area contributed by atoms with Crippen LogP contribution in [0.4, 0.5) is 0 Å². The monoisotopic (exact) mass is 358 g/mol. The Labute approximate surface area is 156 Å². The standard InChI is InChI=1S/C22H30O4/c1-17(21(24)26-16-18-5-3-2-4-6-18)7-8-19-15-22(10-9-20(19)23)11-13-25-14-12-22/h2-6,9-10,17,19,21,24H,7-8,11-16H2,1H3/t17-,19?,21?/m1/s1. The van der Waals surface area contributed by atoms with Crippen molar-refractivity contribution in [1.82, 2.24) is 0 Å². The molecular formula is C22H30O4. The molecule has 2 aliphatic rings. The van der Waals surface area contributed by atoms with E-state index in [2.05, 4.69) is 6.08 Å². The normalized spacial score (nSPS) is 24.5. The first-order valence-electron chi connectivity index (χ1n) is 9.72. The van der Waals surface area contributed by atoms with Gasteiger partial charge in [-0.2, -0.15) is 0 Å². The largest absolute Gasteiger partial charge is 0.381 e. The number of hydrogen-bond donors (Lipinski definition) is 1. The van der Waals surface area contributed by atoms with E-state index >= 15 is 0 Å². The molecular weight excluding hydrogens is 328 g/mol. The molecule has 0 saturated carbocycles. The van der Waals surface area contributed by atoms with Gasteiger partial charge in [-0.25, -0.2) is 0 Å². The third-order valence-corrected chi connectivity index (χ3v) is 5.87. The third-order valence-electron chi connectivity index (χ3n) is 5.87. The van der Waals surface area contributed by atoms with E-state index in [1.54, 1.807) is 6.08 Å². The van der Waals surface area contributed by atoms with E-state index in [1.165, 1.54) is 0 Å². The van der Waals surface area contributed by atoms with E-state index in [0.29, 0.717) is 6.61 Å². The molecule has 1 aromatic carbocycles. The molecule has 1 aliphatic carbocycles. The number of ether oxygens (including phenoxy) is 2. The van der Waals surface area contributed by atoms with Crippen LogP contribution >= 0.6 is 0 Å². The quantitative estimate of drug-likeness (QED) is 0.752. The molecule has 4 nitrogen and oxygen atoms in total. The molecule has 1 aromatic rings. The van der Waals surface area contributed by atoms with Crippen molar-refractivity contribution < 1.29 is 19.4 Å². The number of ketones is 1. The Morgan fingerprint density at radius 1 is 1.27 bits per heavy atom. The fourth-order valence-electron chi connectivity index (χ4n) is 3.97. The Bertz CT molecular complexity index is 604. The van der Waals surface area contributed by atoms with Gasteiger partial charge in [-0.05, 0) is 49.2 Å². The zero-order valence-corrected chi connectivity index (χ0v) is 15.6. The molecule has 1 aliphatic heterocycles. The lowest BCUT2D eigenvalue weighted by molar-refractivity contribution is -0.141. The molecule has 26 heavy (non-hydrogen) atoms. The first-order chi connectivity index (χ1) is 12.6. The van der Waals surface area contributed by atoms with E-state index in [0.717, 1.165) is 50.9 Å². The van der Waals surface area contributed by atoms with Crippen molar-refractivity contribution in [1.29, 1.82) is 0 Å². The van der Waals surface area contributed by atoms with Gasteiger partial charge in [-0.1, -0.05) is 43.3 Å². The predicted molar refractivity (Wildman–Crippen MR) is 100 cm³/mol. The molecule has 142 valence electrons. The van der Waals surface area contributed by atoms with Crippen LogP contribution in [0.5, 0.6) is 0 Å². The SMILES string of the molecule is C[C@H](CCC1CC2(C=CC1=O)CCOCC2)C(O)OCc1ccccc1. The van der Waals surface area contributed by atoms with Crippen molar-refractivity contribution in [3.8, 4) is 0 Å². The van der Waals surface area contributed by atoms with Crippen molar-refractivity contribution in [3.63, 3.8) is 0 Å². The molecule has 0 bridgehead atoms. The van der Waals surface area contributed by atoms with Crippen molar-refractivity contribution >= 4 is 5.78 Å². The Kier molecular flexibility index (Phi) is 6.63. The predicted octanol–water partition coefficient (Wildman–Crippen LogP) is 3.88. The molecule has 1 heterocycles. The van der Waals surface area contributed by atoms with E-state index in [1.807, 2.05) is 37.3 Å². The fraction of sp³-hybridized carbons (Fsp3) is 0.591. The van der Waals surface area contributed by atoms with E-state index < -0.39 is 6.29 Å². The van der Waals surface area contributed by atoms with Crippen LogP contribution in [0.3, 0.4) is 0 Å². The topological polar surface area (TPSA) is 55.8 Å². The van der Waals surface area contributed by atoms with Crippen LogP contribution in [0, 0.1) is 17.3 Å². The van der Waals surface area contributed by atoms with Gasteiger partial charge in [0.2, 0.25) is 0 Å². The molecule has 1 saturated heterocycles. The maximum absolute atomic E-state index is 12.3. The van der Waals surface area contributed by atoms with Crippen LogP contribution in [0.15, 0.2) is 42.5 Å². The van der Waals surface area contributed by atoms with Gasteiger partial charge in [0.1, 0.15) is 0 Å². The minimum absolute atomic E-state index is 0.00283. The lowest BCUT2D eigenvalue weighted by Gasteiger charge is -2.39. The Morgan fingerprint density at radius 3 is 2.73 bits per heavy atom. The van der Waals surface area contributed by atoms with Crippen LogP contribution in [-0.4, -0.2) is 30.4 Å². The van der Waals surface area contributed by atoms with Gasteiger partial charge in [0.05, 0.1) is 6.61 Å². The highest BCUT2D eigenvalue weighted by Crippen LogP contribution is 2.43. The van der Waals surface area contributed by atoms with Gasteiger partial charge in [0.15, 0.2) is 12.1 Å². The molecule has 4 heteroatoms. The van der Waals surface area contributed by atoms with Crippen molar-refractivity contribution in [2.75, 3.05) is 13.2 Å². The maximum atomic E-state index is 12.3. The summed E-state index contributed by atoms with van der Waals surface area (Å²) in [5.74, 6) is 0.291. The highest BCUT2D eigenvalue weighted by Gasteiger charge is 2.37. The maximum Gasteiger partial charge on any atom is 0.158 e. The van der Waals surface area contributed by atoms with Crippen LogP contribution in [0.25, 0.3) is 0 Å². The molecule has 3 atom stereocenters. The number of carbonyl (C=O) groups excluding carboxylic acids is 1. The summed E-state index contributed by atoms with van der Waals surface area (Å²) in [7, 11) is 0. The molecule has 1 fully saturated rings. The van der Waals surface area contributed by atoms with Gasteiger partial charge < -0.3 is 14.6 Å². The smallest absolute Gasteiger partial charge is 0.158 e. The summed E-state index contributed by atoms with van der Waals surface area (Å²) in [5.41, 5.74) is 1.19. The average molecular weight is 358 g/mol. The molecule has 1 spiro atoms. The van der Waals surface area contributed by atoms with E-state index in [-0.39, 0.29) is 23.0 Å². The number of benzene rings is 1. The van der Waals surface area contributed by atoms with Crippen molar-refractivity contribution in [2.24, 2.45) is 17.3 Å². The highest BCUT2D eigenvalue weighted by molar-refractivity contribution is 5.92. The van der Waals surface area contributed by atoms with Gasteiger partial charge in [0, 0.05) is 25.0 Å². The zero-order chi connectivity index (χ0) is 18.4. The summed E-state index contributed by atoms with van der Waals surface area (Å²) in [6.07, 6.45) is 7.62. The zero-order valence-electron chi connectivity index (χ0n) is 15.6. The third kappa shape index (κ3) is 5.03. The second-order valence-electron chi connectivity index (χ2n) is 7.85. The van der Waals surface area contributed by atoms with Gasteiger partial charge in [-0.3, -0.25) is 4.79 Å². The molecule has 0 radical (unpaired) electrons. The summed E-state index contributed by atoms with van der Waals surface area (Å²) >= 11 is 0. The van der Waals surface area contributed by atoms with Crippen molar-refractivity contribution in [2.45, 2.75) is 51.9 Å². The first-order valence-corrected chi connectivity index (χ1v) is 9.72. The molecule has 1 N–H and O–H groups in total. The Hall–Kier alpha value is -1.49. The highest BCUT2D eigenvalue weighted by atomic mass is 16.6. The minimum Gasteiger partial charge on any atom is -0.381 e. The fourth-order valence-corrected chi connectivity index (χ4v) is 3.97. The molecule has 2 unspecified atom stereocenters. The summed E-state index contributed by atoms with van der Waals surface area (Å²) in [4.78, 5) is 12.3. The number of carbonyl (C=O) groups is 1. The van der Waals surface area contributed by atoms with Gasteiger partial charge in [0.25, 0.3) is 0 Å². The van der Waals surface area contributed by atoms with Crippen LogP contribution in [0.1, 0.15) is 44.6 Å². The number of aliphatic hydroxyl groups excluding tert-OH is 1. The molecule has 3 rings (SSSR count). The number of allylic oxidation sites excluding steroid dienone is 2. The summed E-state index contributed by atoms with van der Waals surface area (Å²) in [6, 6.07) is 9.85. The lowest BCUT2D eigenvalue weighted by atomic mass is 9.68. The number of hydrogen-bond acceptors (Lipinski definition) is 4. The molecule has 0 aromatic heterocycles. The van der Waals surface area contributed by atoms with Crippen LogP contribution in [-0.2, 0) is 20.9 Å². The van der Waals surface area contributed by atoms with Gasteiger partial charge in [-0.15, -0.1) is 0 Å². The van der Waals surface area contributed by atoms with Crippen LogP contribution in [0.2, 0.25) is 0 Å². The summed E-state index contributed by atoms with van der Waals surface area (Å²) in [6.45, 7) is 3.96. The van der Waals surface area contributed by atoms with Gasteiger partial charge >= 0.3 is 0 Å². The first kappa shape index (κ1) is 19.3. The van der Waals surface area contributed by atoms with Crippen LogP contribution < -0.4 is 0 Å². The summed E-state index contributed by atoms with van der Waals surface area (Å²) in [5, 5.41) is 10.3. The second-order valence-corrected chi connectivity index (χ2v) is 7.85. The van der Waals surface area contributed by atoms with E-state index in [9.17, 15) is 9.90 Å². The summed E-state index contributed by atoms with van der Waals surface area (Å²) < 4.78 is 11.1. The second kappa shape index (κ2) is 8.94. The van der Waals surface area contributed by atoms with E-state index in [4.69, 9.17) is 9.47 Å². The number of rotatable bonds is 7. The Balaban J connectivity index is 1.46. The lowest BCUT2D eigenvalue weighted by Crippen LogP contribution is -2.35. The number of aliphatic hydroxyl groups is 1. The average Bonchev–Trinajstić information content (AvgIpc) is 2.68. The Morgan fingerprint density at radius 2 is 2.00 bits per heavy atom. The van der Waals surface area contributed by atoms with Crippen molar-refractivity contribution in [3.05, 3.63) is 48.0 Å². The minimum atomic E-state index is -0.804. The molecule has 0 amide bonds.